The number of aromatic nitrogens is 2. The number of rotatable bonds is 5. The molecule has 1 atom stereocenters. The van der Waals surface area contributed by atoms with E-state index in [1.165, 1.54) is 0 Å². The Balaban J connectivity index is 1.74. The average molecular weight is 388 g/mol. The first kappa shape index (κ1) is 18.5. The smallest absolute Gasteiger partial charge is 0.161 e. The standard InChI is InChI=1S/C20H25N3O3S/c1-19(2,25)14-6-4-13(5-7-14)17-21-15-8-11-27(26)16(15)18(22-17)23-20(12-24)9-3-10-20/h4-7,24-25H,3,8-12H2,1-2H3,(H,21,22,23). The monoisotopic (exact) mass is 387 g/mol. The van der Waals surface area contributed by atoms with Crippen LogP contribution < -0.4 is 5.32 Å². The minimum absolute atomic E-state index is 0.0357. The molecule has 4 rings (SSSR count). The summed E-state index contributed by atoms with van der Waals surface area (Å²) < 4.78 is 12.5. The van der Waals surface area contributed by atoms with E-state index in [1.54, 1.807) is 13.8 Å². The van der Waals surface area contributed by atoms with Crippen molar-refractivity contribution in [2.24, 2.45) is 0 Å². The number of aliphatic hydroxyl groups excluding tert-OH is 1. The molecule has 0 amide bonds. The Morgan fingerprint density at radius 2 is 1.93 bits per heavy atom. The van der Waals surface area contributed by atoms with Crippen molar-refractivity contribution in [2.45, 2.75) is 55.6 Å². The third-order valence-electron chi connectivity index (χ3n) is 5.53. The second-order valence-corrected chi connectivity index (χ2v) is 9.53. The maximum absolute atomic E-state index is 12.5. The lowest BCUT2D eigenvalue weighted by atomic mass is 9.77. The van der Waals surface area contributed by atoms with Crippen LogP contribution in [0.25, 0.3) is 11.4 Å². The van der Waals surface area contributed by atoms with Gasteiger partial charge in [0.05, 0.1) is 34.2 Å². The highest BCUT2D eigenvalue weighted by Gasteiger charge is 2.38. The van der Waals surface area contributed by atoms with Gasteiger partial charge in [0.25, 0.3) is 0 Å². The second-order valence-electron chi connectivity index (χ2n) is 8.02. The maximum atomic E-state index is 12.5. The molecule has 2 aromatic rings. The van der Waals surface area contributed by atoms with Gasteiger partial charge >= 0.3 is 0 Å². The molecule has 144 valence electrons. The molecule has 7 heteroatoms. The van der Waals surface area contributed by atoms with Gasteiger partial charge in [0.1, 0.15) is 10.7 Å². The molecule has 1 saturated carbocycles. The average Bonchev–Trinajstić information content (AvgIpc) is 2.99. The summed E-state index contributed by atoms with van der Waals surface area (Å²) in [5.41, 5.74) is 1.22. The van der Waals surface area contributed by atoms with Gasteiger partial charge in [-0.15, -0.1) is 0 Å². The number of hydrogen-bond donors (Lipinski definition) is 3. The molecule has 1 unspecified atom stereocenters. The molecule has 1 fully saturated rings. The predicted octanol–water partition coefficient (Wildman–Crippen LogP) is 2.36. The topological polar surface area (TPSA) is 95.3 Å². The minimum atomic E-state index is -1.11. The Labute approximate surface area is 161 Å². The van der Waals surface area contributed by atoms with Crippen molar-refractivity contribution >= 4 is 16.6 Å². The number of hydrogen-bond acceptors (Lipinski definition) is 6. The van der Waals surface area contributed by atoms with Gasteiger partial charge in [-0.1, -0.05) is 24.3 Å². The van der Waals surface area contributed by atoms with Gasteiger partial charge in [-0.2, -0.15) is 0 Å². The molecule has 0 spiro atoms. The van der Waals surface area contributed by atoms with Crippen LogP contribution in [0.1, 0.15) is 44.4 Å². The molecule has 1 aliphatic carbocycles. The molecular weight excluding hydrogens is 362 g/mol. The highest BCUT2D eigenvalue weighted by Crippen LogP contribution is 2.38. The molecule has 1 aromatic heterocycles. The molecule has 1 aliphatic heterocycles. The Kier molecular flexibility index (Phi) is 4.56. The zero-order valence-corrected chi connectivity index (χ0v) is 16.5. The van der Waals surface area contributed by atoms with Crippen LogP contribution in [-0.4, -0.2) is 42.3 Å². The van der Waals surface area contributed by atoms with Crippen molar-refractivity contribution < 1.29 is 14.4 Å². The van der Waals surface area contributed by atoms with Crippen LogP contribution in [0, 0.1) is 0 Å². The first-order valence-electron chi connectivity index (χ1n) is 9.33. The SMILES string of the molecule is CC(C)(O)c1ccc(-c2nc3c(c(NC4(CO)CCC4)n2)S(=O)CC3)cc1. The summed E-state index contributed by atoms with van der Waals surface area (Å²) in [6, 6.07) is 7.54. The van der Waals surface area contributed by atoms with E-state index in [0.29, 0.717) is 28.7 Å². The van der Waals surface area contributed by atoms with Gasteiger partial charge in [0.15, 0.2) is 5.82 Å². The Morgan fingerprint density at radius 3 is 2.48 bits per heavy atom. The van der Waals surface area contributed by atoms with Crippen LogP contribution in [0.5, 0.6) is 0 Å². The van der Waals surface area contributed by atoms with Crippen molar-refractivity contribution in [3.8, 4) is 11.4 Å². The first-order chi connectivity index (χ1) is 12.8. The van der Waals surface area contributed by atoms with Crippen molar-refractivity contribution in [3.63, 3.8) is 0 Å². The second kappa shape index (κ2) is 6.65. The van der Waals surface area contributed by atoms with Crippen LogP contribution in [0.15, 0.2) is 29.2 Å². The van der Waals surface area contributed by atoms with Crippen molar-refractivity contribution in [1.82, 2.24) is 9.97 Å². The molecular formula is C20H25N3O3S. The number of anilines is 1. The molecule has 0 bridgehead atoms. The summed E-state index contributed by atoms with van der Waals surface area (Å²) in [4.78, 5) is 10.0. The highest BCUT2D eigenvalue weighted by molar-refractivity contribution is 7.85. The summed E-state index contributed by atoms with van der Waals surface area (Å²) in [5.74, 6) is 1.72. The molecule has 6 nitrogen and oxygen atoms in total. The number of aliphatic hydroxyl groups is 2. The van der Waals surface area contributed by atoms with Gasteiger partial charge < -0.3 is 15.5 Å². The number of aryl methyl sites for hydroxylation is 1. The van der Waals surface area contributed by atoms with E-state index in [4.69, 9.17) is 0 Å². The normalized spacial score (nSPS) is 20.8. The van der Waals surface area contributed by atoms with Crippen LogP contribution in [0.2, 0.25) is 0 Å². The highest BCUT2D eigenvalue weighted by atomic mass is 32.2. The van der Waals surface area contributed by atoms with E-state index in [0.717, 1.165) is 36.1 Å². The van der Waals surface area contributed by atoms with E-state index < -0.39 is 16.4 Å². The van der Waals surface area contributed by atoms with E-state index >= 15 is 0 Å². The predicted molar refractivity (Wildman–Crippen MR) is 105 cm³/mol. The zero-order chi connectivity index (χ0) is 19.2. The van der Waals surface area contributed by atoms with Crippen LogP contribution in [0.3, 0.4) is 0 Å². The van der Waals surface area contributed by atoms with Crippen molar-refractivity contribution in [2.75, 3.05) is 17.7 Å². The molecule has 3 N–H and O–H groups in total. The zero-order valence-electron chi connectivity index (χ0n) is 15.7. The summed E-state index contributed by atoms with van der Waals surface area (Å²) in [5, 5.41) is 23.3. The lowest BCUT2D eigenvalue weighted by Crippen LogP contribution is -2.48. The van der Waals surface area contributed by atoms with Gasteiger partial charge in [-0.05, 0) is 38.7 Å². The fourth-order valence-corrected chi connectivity index (χ4v) is 4.92. The summed E-state index contributed by atoms with van der Waals surface area (Å²) in [6.45, 7) is 3.53. The Hall–Kier alpha value is -1.83. The third kappa shape index (κ3) is 3.39. The molecule has 27 heavy (non-hydrogen) atoms. The van der Waals surface area contributed by atoms with Gasteiger partial charge in [0, 0.05) is 17.7 Å². The van der Waals surface area contributed by atoms with Gasteiger partial charge in [-0.3, -0.25) is 4.21 Å². The maximum Gasteiger partial charge on any atom is 0.161 e. The molecule has 0 saturated heterocycles. The first-order valence-corrected chi connectivity index (χ1v) is 10.6. The van der Waals surface area contributed by atoms with E-state index in [1.807, 2.05) is 24.3 Å². The summed E-state index contributed by atoms with van der Waals surface area (Å²) in [7, 11) is -1.11. The number of benzene rings is 1. The lowest BCUT2D eigenvalue weighted by molar-refractivity contribution is 0.0786. The Morgan fingerprint density at radius 1 is 1.22 bits per heavy atom. The van der Waals surface area contributed by atoms with Crippen LogP contribution >= 0.6 is 0 Å². The summed E-state index contributed by atoms with van der Waals surface area (Å²) in [6.07, 6.45) is 3.49. The summed E-state index contributed by atoms with van der Waals surface area (Å²) >= 11 is 0. The molecule has 1 aromatic carbocycles. The fraction of sp³-hybridized carbons (Fsp3) is 0.500. The minimum Gasteiger partial charge on any atom is -0.394 e. The number of nitrogens with one attached hydrogen (secondary N) is 1. The van der Waals surface area contributed by atoms with Crippen LogP contribution in [0.4, 0.5) is 5.82 Å². The third-order valence-corrected chi connectivity index (χ3v) is 6.99. The quantitative estimate of drug-likeness (QED) is 0.729. The van der Waals surface area contributed by atoms with Gasteiger partial charge in [0.2, 0.25) is 0 Å². The Bertz CT molecular complexity index is 881. The van der Waals surface area contributed by atoms with E-state index in [2.05, 4.69) is 15.3 Å². The molecule has 2 heterocycles. The van der Waals surface area contributed by atoms with E-state index in [9.17, 15) is 14.4 Å². The lowest BCUT2D eigenvalue weighted by Gasteiger charge is -2.41. The largest absolute Gasteiger partial charge is 0.394 e. The van der Waals surface area contributed by atoms with Crippen molar-refractivity contribution in [1.29, 1.82) is 0 Å². The number of fused-ring (bicyclic) bond motifs is 1. The van der Waals surface area contributed by atoms with E-state index in [-0.39, 0.29) is 12.1 Å². The van der Waals surface area contributed by atoms with Crippen LogP contribution in [-0.2, 0) is 22.8 Å². The number of nitrogens with zero attached hydrogens (tertiary/aromatic N) is 2. The fourth-order valence-electron chi connectivity index (χ4n) is 3.62. The van der Waals surface area contributed by atoms with Gasteiger partial charge in [-0.25, -0.2) is 9.97 Å². The van der Waals surface area contributed by atoms with Crippen molar-refractivity contribution in [3.05, 3.63) is 35.5 Å². The molecule has 2 aliphatic rings. The molecule has 0 radical (unpaired) electrons.